The van der Waals surface area contributed by atoms with Gasteiger partial charge in [0.05, 0.1) is 11.8 Å². The number of amides is 1. The molecule has 9 nitrogen and oxygen atoms in total. The highest BCUT2D eigenvalue weighted by Crippen LogP contribution is 2.36. The van der Waals surface area contributed by atoms with Crippen LogP contribution in [0.4, 0.5) is 20.3 Å². The lowest BCUT2D eigenvalue weighted by molar-refractivity contribution is 0.102. The van der Waals surface area contributed by atoms with Crippen LogP contribution in [0.5, 0.6) is 11.5 Å². The number of nitrogens with zero attached hydrogens (tertiary/aromatic N) is 4. The summed E-state index contributed by atoms with van der Waals surface area (Å²) >= 11 is 0. The van der Waals surface area contributed by atoms with Crippen molar-refractivity contribution < 1.29 is 23.4 Å². The third-order valence-corrected chi connectivity index (χ3v) is 6.70. The van der Waals surface area contributed by atoms with E-state index in [1.165, 1.54) is 30.3 Å². The average molecular weight is 543 g/mol. The van der Waals surface area contributed by atoms with E-state index in [0.717, 1.165) is 6.07 Å². The van der Waals surface area contributed by atoms with Crippen molar-refractivity contribution in [1.29, 1.82) is 0 Å². The van der Waals surface area contributed by atoms with E-state index >= 15 is 4.39 Å². The van der Waals surface area contributed by atoms with Crippen LogP contribution in [0.25, 0.3) is 22.3 Å². The van der Waals surface area contributed by atoms with Crippen LogP contribution in [0.15, 0.2) is 72.9 Å². The lowest BCUT2D eigenvalue weighted by Gasteiger charge is -2.29. The molecule has 0 bridgehead atoms. The summed E-state index contributed by atoms with van der Waals surface area (Å²) in [7, 11) is 0. The minimum absolute atomic E-state index is 0.0388. The molecule has 0 unspecified atom stereocenters. The molecule has 0 spiro atoms. The Bertz CT molecular complexity index is 1680. The van der Waals surface area contributed by atoms with E-state index in [1.807, 2.05) is 4.90 Å². The number of piperidine rings is 1. The van der Waals surface area contributed by atoms with Crippen molar-refractivity contribution in [3.8, 4) is 22.8 Å². The highest BCUT2D eigenvalue weighted by molar-refractivity contribution is 6.03. The smallest absolute Gasteiger partial charge is 0.274 e. The normalized spacial score (nSPS) is 13.9. The number of aromatic nitrogens is 4. The van der Waals surface area contributed by atoms with E-state index in [9.17, 15) is 14.3 Å². The number of benzene rings is 2. The molecular formula is C29H24F2N6O3. The lowest BCUT2D eigenvalue weighted by Crippen LogP contribution is -2.36. The van der Waals surface area contributed by atoms with Crippen molar-refractivity contribution in [3.63, 3.8) is 0 Å². The molecule has 5 aromatic rings. The topological polar surface area (TPSA) is 116 Å². The van der Waals surface area contributed by atoms with E-state index in [0.29, 0.717) is 59.8 Å². The Morgan fingerprint density at radius 1 is 1.02 bits per heavy atom. The summed E-state index contributed by atoms with van der Waals surface area (Å²) in [5, 5.41) is 20.4. The van der Waals surface area contributed by atoms with Gasteiger partial charge >= 0.3 is 0 Å². The van der Waals surface area contributed by atoms with E-state index in [2.05, 4.69) is 25.5 Å². The molecule has 40 heavy (non-hydrogen) atoms. The molecule has 3 N–H and O–H groups in total. The van der Waals surface area contributed by atoms with Gasteiger partial charge in [-0.25, -0.2) is 18.7 Å². The van der Waals surface area contributed by atoms with Crippen LogP contribution >= 0.6 is 0 Å². The van der Waals surface area contributed by atoms with E-state index in [-0.39, 0.29) is 29.1 Å². The number of carbonyl (C=O) groups is 1. The van der Waals surface area contributed by atoms with Gasteiger partial charge in [-0.05, 0) is 61.4 Å². The van der Waals surface area contributed by atoms with Crippen LogP contribution in [0, 0.1) is 11.6 Å². The average Bonchev–Trinajstić information content (AvgIpc) is 3.40. The molecule has 1 aliphatic heterocycles. The fourth-order valence-electron chi connectivity index (χ4n) is 4.62. The zero-order valence-corrected chi connectivity index (χ0v) is 21.1. The first-order valence-electron chi connectivity index (χ1n) is 12.7. The molecule has 4 heterocycles. The summed E-state index contributed by atoms with van der Waals surface area (Å²) < 4.78 is 34.3. The predicted molar refractivity (Wildman–Crippen MR) is 145 cm³/mol. The molecule has 0 radical (unpaired) electrons. The van der Waals surface area contributed by atoms with E-state index < -0.39 is 11.7 Å². The number of nitrogens with one attached hydrogen (secondary N) is 2. The Morgan fingerprint density at radius 2 is 1.82 bits per heavy atom. The third-order valence-electron chi connectivity index (χ3n) is 6.70. The molecular weight excluding hydrogens is 518 g/mol. The molecule has 3 aromatic heterocycles. The molecule has 202 valence electrons. The van der Waals surface area contributed by atoms with Crippen LogP contribution < -0.4 is 15.0 Å². The number of rotatable bonds is 6. The Hall–Kier alpha value is -4.90. The number of hydrogen-bond donors (Lipinski definition) is 3. The molecule has 1 saturated heterocycles. The molecule has 2 aromatic carbocycles. The van der Waals surface area contributed by atoms with Crippen molar-refractivity contribution in [2.24, 2.45) is 0 Å². The van der Waals surface area contributed by atoms with Crippen LogP contribution in [-0.4, -0.2) is 50.4 Å². The quantitative estimate of drug-likeness (QED) is 0.267. The van der Waals surface area contributed by atoms with Gasteiger partial charge in [-0.1, -0.05) is 6.07 Å². The van der Waals surface area contributed by atoms with Gasteiger partial charge in [-0.15, -0.1) is 0 Å². The summed E-state index contributed by atoms with van der Waals surface area (Å²) in [6.07, 6.45) is 2.45. The number of H-pyrrole nitrogens is 1. The minimum Gasteiger partial charge on any atom is -0.453 e. The Balaban J connectivity index is 1.20. The fraction of sp³-hybridized carbons (Fsp3) is 0.172. The maximum atomic E-state index is 15.1. The van der Waals surface area contributed by atoms with Crippen LogP contribution in [-0.2, 0) is 0 Å². The number of hydrogen-bond acceptors (Lipinski definition) is 7. The highest BCUT2D eigenvalue weighted by atomic mass is 19.1. The second kappa shape index (κ2) is 10.7. The molecule has 1 fully saturated rings. The third kappa shape index (κ3) is 5.19. The molecule has 0 saturated carbocycles. The number of aromatic amines is 1. The Kier molecular flexibility index (Phi) is 6.79. The minimum atomic E-state index is -0.679. The molecule has 0 aliphatic carbocycles. The van der Waals surface area contributed by atoms with Gasteiger partial charge in [0.2, 0.25) is 0 Å². The summed E-state index contributed by atoms with van der Waals surface area (Å²) in [5.41, 5.74) is 2.01. The largest absolute Gasteiger partial charge is 0.453 e. The second-order valence-corrected chi connectivity index (χ2v) is 9.41. The predicted octanol–water partition coefficient (Wildman–Crippen LogP) is 5.30. The van der Waals surface area contributed by atoms with Crippen LogP contribution in [0.2, 0.25) is 0 Å². The number of halogens is 2. The Morgan fingerprint density at radius 3 is 2.60 bits per heavy atom. The second-order valence-electron chi connectivity index (χ2n) is 9.41. The number of ether oxygens (including phenoxy) is 1. The van der Waals surface area contributed by atoms with E-state index in [4.69, 9.17) is 4.74 Å². The number of fused-ring (bicyclic) bond motifs is 1. The van der Waals surface area contributed by atoms with Gasteiger partial charge < -0.3 is 20.1 Å². The van der Waals surface area contributed by atoms with Gasteiger partial charge in [-0.2, -0.15) is 5.10 Å². The maximum absolute atomic E-state index is 15.1. The van der Waals surface area contributed by atoms with Gasteiger partial charge in [0.15, 0.2) is 23.0 Å². The summed E-state index contributed by atoms with van der Waals surface area (Å²) in [6.45, 7) is 1.25. The molecule has 6 rings (SSSR count). The summed E-state index contributed by atoms with van der Waals surface area (Å²) in [5.74, 6) is -0.608. The van der Waals surface area contributed by atoms with Crippen molar-refractivity contribution in [1.82, 2.24) is 20.2 Å². The Labute approximate surface area is 227 Å². The zero-order chi connectivity index (χ0) is 27.6. The van der Waals surface area contributed by atoms with Gasteiger partial charge in [0.25, 0.3) is 5.91 Å². The molecule has 11 heteroatoms. The fourth-order valence-corrected chi connectivity index (χ4v) is 4.62. The number of aliphatic hydroxyl groups is 1. The summed E-state index contributed by atoms with van der Waals surface area (Å²) in [6, 6.07) is 16.5. The SMILES string of the molecule is O=C(Nc1ccc(Oc2ccnc3[nH]nc(N4CCC(O)CC4)c23)c(F)c1)c1cccc(-c2ccc(F)cc2)n1. The first-order valence-corrected chi connectivity index (χ1v) is 12.7. The number of anilines is 2. The first kappa shape index (κ1) is 25.4. The molecule has 0 atom stereocenters. The maximum Gasteiger partial charge on any atom is 0.274 e. The van der Waals surface area contributed by atoms with Crippen molar-refractivity contribution >= 4 is 28.4 Å². The monoisotopic (exact) mass is 542 g/mol. The van der Waals surface area contributed by atoms with Gasteiger partial charge in [-0.3, -0.25) is 9.89 Å². The highest BCUT2D eigenvalue weighted by Gasteiger charge is 2.24. The van der Waals surface area contributed by atoms with Crippen molar-refractivity contribution in [2.75, 3.05) is 23.3 Å². The van der Waals surface area contributed by atoms with E-state index in [1.54, 1.807) is 36.5 Å². The first-order chi connectivity index (χ1) is 19.4. The zero-order valence-electron chi connectivity index (χ0n) is 21.1. The summed E-state index contributed by atoms with van der Waals surface area (Å²) in [4.78, 5) is 23.5. The van der Waals surface area contributed by atoms with Gasteiger partial charge in [0.1, 0.15) is 22.6 Å². The number of carbonyl (C=O) groups excluding carboxylic acids is 1. The number of aliphatic hydroxyl groups excluding tert-OH is 1. The van der Waals surface area contributed by atoms with Crippen LogP contribution in [0.1, 0.15) is 23.3 Å². The number of pyridine rings is 2. The van der Waals surface area contributed by atoms with Gasteiger partial charge in [0, 0.05) is 42.7 Å². The van der Waals surface area contributed by atoms with Crippen molar-refractivity contribution in [2.45, 2.75) is 18.9 Å². The molecule has 1 amide bonds. The lowest BCUT2D eigenvalue weighted by atomic mass is 10.1. The standard InChI is InChI=1S/C29H24F2N6O3/c30-18-6-4-17(5-7-18)22-2-1-3-23(34-22)29(39)33-19-8-9-24(21(31)16-19)40-25-10-13-32-27-26(25)28(36-35-27)37-14-11-20(38)12-15-37/h1-10,13,16,20,38H,11-12,14-15H2,(H,33,39)(H,32,35,36). The molecule has 1 aliphatic rings. The van der Waals surface area contributed by atoms with Crippen molar-refractivity contribution in [3.05, 3.63) is 90.3 Å². The van der Waals surface area contributed by atoms with Crippen LogP contribution in [0.3, 0.4) is 0 Å².